The Kier molecular flexibility index (Phi) is 11.9. The molecule has 0 amide bonds. The van der Waals surface area contributed by atoms with Crippen molar-refractivity contribution in [3.8, 4) is 0 Å². The first-order valence-corrected chi connectivity index (χ1v) is 10.7. The molecule has 1 aromatic rings. The van der Waals surface area contributed by atoms with E-state index in [0.717, 1.165) is 24.9 Å². The summed E-state index contributed by atoms with van der Waals surface area (Å²) in [5, 5.41) is 6.32. The Bertz CT molecular complexity index is 692. The largest absolute Gasteiger partial charge is 0.383 e. The second-order valence-corrected chi connectivity index (χ2v) is 8.01. The van der Waals surface area contributed by atoms with Gasteiger partial charge in [0.25, 0.3) is 0 Å². The molecule has 1 heterocycles. The van der Waals surface area contributed by atoms with Crippen molar-refractivity contribution in [2.24, 2.45) is 4.99 Å². The van der Waals surface area contributed by atoms with Gasteiger partial charge in [-0.05, 0) is 37.5 Å². The molecule has 0 bridgehead atoms. The summed E-state index contributed by atoms with van der Waals surface area (Å²) in [4.78, 5) is 4.74. The molecule has 1 atom stereocenters. The van der Waals surface area contributed by atoms with E-state index < -0.39 is 10.0 Å². The summed E-state index contributed by atoms with van der Waals surface area (Å²) < 4.78 is 37.8. The van der Waals surface area contributed by atoms with Crippen LogP contribution in [0.2, 0.25) is 0 Å². The van der Waals surface area contributed by atoms with Gasteiger partial charge in [-0.25, -0.2) is 18.1 Å². The molecular weight excluding hydrogens is 495 g/mol. The number of methoxy groups -OCH3 is 1. The number of benzene rings is 1. The van der Waals surface area contributed by atoms with Crippen LogP contribution in [0.3, 0.4) is 0 Å². The van der Waals surface area contributed by atoms with E-state index in [9.17, 15) is 8.42 Å². The van der Waals surface area contributed by atoms with E-state index >= 15 is 0 Å². The van der Waals surface area contributed by atoms with Crippen molar-refractivity contribution >= 4 is 40.0 Å². The van der Waals surface area contributed by atoms with E-state index in [1.165, 1.54) is 0 Å². The first-order chi connectivity index (χ1) is 13.0. The number of hydrogen-bond acceptors (Lipinski definition) is 5. The molecule has 1 fully saturated rings. The van der Waals surface area contributed by atoms with Gasteiger partial charge in [0.1, 0.15) is 0 Å². The third kappa shape index (κ3) is 8.60. The fraction of sp³-hybridized carbons (Fsp3) is 0.611. The van der Waals surface area contributed by atoms with Crippen molar-refractivity contribution in [1.29, 1.82) is 0 Å². The minimum Gasteiger partial charge on any atom is -0.383 e. The highest BCUT2D eigenvalue weighted by Gasteiger charge is 2.20. The second-order valence-electron chi connectivity index (χ2n) is 6.25. The summed E-state index contributed by atoms with van der Waals surface area (Å²) in [6.07, 6.45) is 1.85. The zero-order valence-electron chi connectivity index (χ0n) is 16.4. The van der Waals surface area contributed by atoms with Gasteiger partial charge in [-0.15, -0.1) is 24.0 Å². The molecule has 0 saturated carbocycles. The highest BCUT2D eigenvalue weighted by atomic mass is 127. The van der Waals surface area contributed by atoms with Crippen LogP contribution < -0.4 is 15.4 Å². The van der Waals surface area contributed by atoms with Crippen LogP contribution in [0, 0.1) is 0 Å². The number of aliphatic imine (C=N–C) groups is 1. The summed E-state index contributed by atoms with van der Waals surface area (Å²) >= 11 is 0. The van der Waals surface area contributed by atoms with Gasteiger partial charge in [0.15, 0.2) is 5.96 Å². The number of nitrogens with one attached hydrogen (secondary N) is 3. The molecule has 0 aliphatic carbocycles. The van der Waals surface area contributed by atoms with Crippen molar-refractivity contribution < 1.29 is 17.9 Å². The number of ether oxygens (including phenoxy) is 2. The standard InChI is InChI=1S/C18H30N4O4S.HI/c1-3-19-18(20-10-12-25-2)21-13-15-6-8-17(9-7-15)27(23,24)22-14-16-5-4-11-26-16;/h6-9,16,22H,3-5,10-14H2,1-2H3,(H2,19,20,21);1H. The molecule has 0 aromatic heterocycles. The molecule has 1 aliphatic rings. The molecule has 10 heteroatoms. The van der Waals surface area contributed by atoms with Crippen LogP contribution in [0.15, 0.2) is 34.2 Å². The summed E-state index contributed by atoms with van der Waals surface area (Å²) in [5.41, 5.74) is 0.928. The third-order valence-corrected chi connectivity index (χ3v) is 5.56. The van der Waals surface area contributed by atoms with E-state index in [1.807, 2.05) is 6.92 Å². The van der Waals surface area contributed by atoms with Crippen molar-refractivity contribution in [2.45, 2.75) is 37.3 Å². The van der Waals surface area contributed by atoms with E-state index in [1.54, 1.807) is 31.4 Å². The highest BCUT2D eigenvalue weighted by Crippen LogP contribution is 2.14. The van der Waals surface area contributed by atoms with E-state index in [-0.39, 0.29) is 35.0 Å². The third-order valence-electron chi connectivity index (χ3n) is 4.12. The number of guanidine groups is 1. The van der Waals surface area contributed by atoms with Crippen molar-refractivity contribution in [2.75, 3.05) is 40.0 Å². The van der Waals surface area contributed by atoms with Crippen LogP contribution in [0.4, 0.5) is 0 Å². The summed E-state index contributed by atoms with van der Waals surface area (Å²) in [7, 11) is -1.87. The van der Waals surface area contributed by atoms with E-state index in [2.05, 4.69) is 20.3 Å². The van der Waals surface area contributed by atoms with Gasteiger partial charge in [0.2, 0.25) is 10.0 Å². The lowest BCUT2D eigenvalue weighted by atomic mass is 10.2. The molecule has 8 nitrogen and oxygen atoms in total. The van der Waals surface area contributed by atoms with E-state index in [0.29, 0.717) is 38.8 Å². The van der Waals surface area contributed by atoms with Gasteiger partial charge in [0, 0.05) is 33.4 Å². The van der Waals surface area contributed by atoms with Crippen LogP contribution in [0.5, 0.6) is 0 Å². The highest BCUT2D eigenvalue weighted by molar-refractivity contribution is 14.0. The first-order valence-electron chi connectivity index (χ1n) is 9.26. The number of nitrogens with zero attached hydrogens (tertiary/aromatic N) is 1. The minimum absolute atomic E-state index is 0. The summed E-state index contributed by atoms with van der Waals surface area (Å²) in [6.45, 7) is 5.48. The monoisotopic (exact) mass is 526 g/mol. The van der Waals surface area contributed by atoms with E-state index in [4.69, 9.17) is 9.47 Å². The van der Waals surface area contributed by atoms with Crippen LogP contribution in [0.25, 0.3) is 0 Å². The number of hydrogen-bond donors (Lipinski definition) is 3. The fourth-order valence-electron chi connectivity index (χ4n) is 2.65. The lowest BCUT2D eigenvalue weighted by Crippen LogP contribution is -2.38. The molecule has 1 aliphatic heterocycles. The lowest BCUT2D eigenvalue weighted by molar-refractivity contribution is 0.114. The SMILES string of the molecule is CCNC(=NCc1ccc(S(=O)(=O)NCC2CCCO2)cc1)NCCOC.I. The lowest BCUT2D eigenvalue weighted by Gasteiger charge is -2.12. The fourth-order valence-corrected chi connectivity index (χ4v) is 3.72. The molecule has 1 aromatic carbocycles. The summed E-state index contributed by atoms with van der Waals surface area (Å²) in [5.74, 6) is 0.699. The molecule has 160 valence electrons. The van der Waals surface area contributed by atoms with Gasteiger partial charge in [-0.2, -0.15) is 0 Å². The minimum atomic E-state index is -3.52. The van der Waals surface area contributed by atoms with Crippen LogP contribution in [0.1, 0.15) is 25.3 Å². The van der Waals surface area contributed by atoms with Gasteiger partial charge in [-0.3, -0.25) is 0 Å². The maximum absolute atomic E-state index is 12.4. The Hall–Kier alpha value is -0.950. The molecule has 3 N–H and O–H groups in total. The molecule has 0 spiro atoms. The zero-order valence-corrected chi connectivity index (χ0v) is 19.6. The Labute approximate surface area is 184 Å². The second kappa shape index (κ2) is 13.3. The smallest absolute Gasteiger partial charge is 0.240 e. The van der Waals surface area contributed by atoms with Crippen molar-refractivity contribution in [1.82, 2.24) is 15.4 Å². The van der Waals surface area contributed by atoms with Crippen molar-refractivity contribution in [3.05, 3.63) is 29.8 Å². The predicted molar refractivity (Wildman–Crippen MR) is 121 cm³/mol. The van der Waals surface area contributed by atoms with Gasteiger partial charge in [-0.1, -0.05) is 12.1 Å². The molecule has 1 unspecified atom stereocenters. The van der Waals surface area contributed by atoms with Crippen LogP contribution in [-0.2, 0) is 26.0 Å². The van der Waals surface area contributed by atoms with Crippen LogP contribution >= 0.6 is 24.0 Å². The average Bonchev–Trinajstić information content (AvgIpc) is 3.19. The zero-order chi connectivity index (χ0) is 19.5. The molecular formula is C18H31IN4O4S. The predicted octanol–water partition coefficient (Wildman–Crippen LogP) is 1.46. The number of rotatable bonds is 10. The molecule has 2 rings (SSSR count). The maximum Gasteiger partial charge on any atom is 0.240 e. The summed E-state index contributed by atoms with van der Waals surface area (Å²) in [6, 6.07) is 6.77. The molecule has 0 radical (unpaired) electrons. The Balaban J connectivity index is 0.00000392. The van der Waals surface area contributed by atoms with Crippen LogP contribution in [-0.4, -0.2) is 60.4 Å². The maximum atomic E-state index is 12.4. The van der Waals surface area contributed by atoms with Crippen molar-refractivity contribution in [3.63, 3.8) is 0 Å². The number of sulfonamides is 1. The molecule has 1 saturated heterocycles. The van der Waals surface area contributed by atoms with Gasteiger partial charge in [0.05, 0.1) is 24.2 Å². The average molecular weight is 526 g/mol. The number of halogens is 1. The quantitative estimate of drug-likeness (QED) is 0.185. The normalized spacial score (nSPS) is 17.2. The Morgan fingerprint density at radius 1 is 1.29 bits per heavy atom. The van der Waals surface area contributed by atoms with Gasteiger partial charge < -0.3 is 20.1 Å². The molecule has 28 heavy (non-hydrogen) atoms. The topological polar surface area (TPSA) is 101 Å². The van der Waals surface area contributed by atoms with Gasteiger partial charge >= 0.3 is 0 Å². The Morgan fingerprint density at radius 3 is 2.64 bits per heavy atom. The Morgan fingerprint density at radius 2 is 2.04 bits per heavy atom. The first kappa shape index (κ1) is 25.1.